The maximum absolute atomic E-state index is 2.37. The second kappa shape index (κ2) is 2.67. The molecule has 0 saturated carbocycles. The van der Waals surface area contributed by atoms with Gasteiger partial charge in [-0.1, -0.05) is 13.3 Å². The van der Waals surface area contributed by atoms with E-state index in [-0.39, 0.29) is 0 Å². The fourth-order valence-corrected chi connectivity index (χ4v) is 2.38. The predicted octanol–water partition coefficient (Wildman–Crippen LogP) is 2.09. The number of hydrogen-bond acceptors (Lipinski definition) is 0. The van der Waals surface area contributed by atoms with Crippen molar-refractivity contribution >= 4 is 8.58 Å². The molecule has 1 aliphatic rings. The molecule has 0 aromatic heterocycles. The molecule has 1 heteroatoms. The highest BCUT2D eigenvalue weighted by Crippen LogP contribution is 2.26. The van der Waals surface area contributed by atoms with Gasteiger partial charge in [0.25, 0.3) is 0 Å². The minimum atomic E-state index is 1.05. The third-order valence-corrected chi connectivity index (χ3v) is 3.24. The molecule has 0 aliphatic carbocycles. The van der Waals surface area contributed by atoms with Crippen LogP contribution in [0.4, 0.5) is 0 Å². The van der Waals surface area contributed by atoms with Crippen molar-refractivity contribution in [2.75, 3.05) is 12.3 Å². The Labute approximate surface area is 47.5 Å². The summed E-state index contributed by atoms with van der Waals surface area (Å²) in [5.41, 5.74) is 0. The van der Waals surface area contributed by atoms with E-state index >= 15 is 0 Å². The highest BCUT2D eigenvalue weighted by atomic mass is 31.1. The van der Waals surface area contributed by atoms with Crippen molar-refractivity contribution in [3.8, 4) is 0 Å². The van der Waals surface area contributed by atoms with Crippen molar-refractivity contribution in [3.63, 3.8) is 0 Å². The Kier molecular flexibility index (Phi) is 2.12. The summed E-state index contributed by atoms with van der Waals surface area (Å²) in [5, 5.41) is 0. The molecule has 0 N–H and O–H groups in total. The molecule has 0 spiro atoms. The Morgan fingerprint density at radius 2 is 2.43 bits per heavy atom. The SMILES string of the molecule is CC1CCCPC1. The van der Waals surface area contributed by atoms with Crippen LogP contribution in [0.3, 0.4) is 0 Å². The zero-order chi connectivity index (χ0) is 5.11. The third kappa shape index (κ3) is 1.78. The van der Waals surface area contributed by atoms with E-state index in [1.54, 1.807) is 0 Å². The van der Waals surface area contributed by atoms with Crippen molar-refractivity contribution < 1.29 is 0 Å². The second-order valence-electron chi connectivity index (χ2n) is 2.45. The van der Waals surface area contributed by atoms with Crippen LogP contribution in [0.2, 0.25) is 0 Å². The van der Waals surface area contributed by atoms with Gasteiger partial charge in [-0.3, -0.25) is 0 Å². The molecular formula is C6H13P. The minimum Gasteiger partial charge on any atom is -0.122 e. The predicted molar refractivity (Wildman–Crippen MR) is 36.4 cm³/mol. The summed E-state index contributed by atoms with van der Waals surface area (Å²) < 4.78 is 0. The molecule has 1 aliphatic heterocycles. The third-order valence-electron chi connectivity index (χ3n) is 1.54. The van der Waals surface area contributed by atoms with Gasteiger partial charge in [-0.05, 0) is 24.7 Å². The van der Waals surface area contributed by atoms with Crippen molar-refractivity contribution in [2.24, 2.45) is 5.92 Å². The lowest BCUT2D eigenvalue weighted by Crippen LogP contribution is -2.03. The van der Waals surface area contributed by atoms with Crippen molar-refractivity contribution in [2.45, 2.75) is 19.8 Å². The Balaban J connectivity index is 2.12. The van der Waals surface area contributed by atoms with Gasteiger partial charge >= 0.3 is 0 Å². The van der Waals surface area contributed by atoms with Crippen LogP contribution in [-0.4, -0.2) is 12.3 Å². The molecule has 0 aromatic carbocycles. The van der Waals surface area contributed by atoms with Crippen molar-refractivity contribution in [3.05, 3.63) is 0 Å². The summed E-state index contributed by atoms with van der Waals surface area (Å²) in [7, 11) is 1.28. The van der Waals surface area contributed by atoms with Gasteiger partial charge in [0.2, 0.25) is 0 Å². The molecule has 2 atom stereocenters. The van der Waals surface area contributed by atoms with Crippen molar-refractivity contribution in [1.82, 2.24) is 0 Å². The fourth-order valence-electron chi connectivity index (χ4n) is 1.03. The van der Waals surface area contributed by atoms with Gasteiger partial charge in [0.1, 0.15) is 0 Å². The van der Waals surface area contributed by atoms with E-state index < -0.39 is 0 Å². The van der Waals surface area contributed by atoms with Gasteiger partial charge in [-0.15, -0.1) is 8.58 Å². The van der Waals surface area contributed by atoms with E-state index in [2.05, 4.69) is 6.92 Å². The van der Waals surface area contributed by atoms with Crippen molar-refractivity contribution in [1.29, 1.82) is 0 Å². The summed E-state index contributed by atoms with van der Waals surface area (Å²) in [6.45, 7) is 2.37. The first-order valence-corrected chi connectivity index (χ1v) is 4.52. The van der Waals surface area contributed by atoms with Gasteiger partial charge in [0.15, 0.2) is 0 Å². The maximum atomic E-state index is 2.37. The Morgan fingerprint density at radius 1 is 1.57 bits per heavy atom. The van der Waals surface area contributed by atoms with Gasteiger partial charge in [-0.2, -0.15) is 0 Å². The minimum absolute atomic E-state index is 1.05. The molecule has 2 unspecified atom stereocenters. The molecule has 42 valence electrons. The molecular weight excluding hydrogens is 103 g/mol. The summed E-state index contributed by atoms with van der Waals surface area (Å²) in [6.07, 6.45) is 6.02. The summed E-state index contributed by atoms with van der Waals surface area (Å²) >= 11 is 0. The van der Waals surface area contributed by atoms with Crippen LogP contribution >= 0.6 is 8.58 Å². The molecule has 1 heterocycles. The van der Waals surface area contributed by atoms with E-state index in [0.717, 1.165) is 5.92 Å². The normalized spacial score (nSPS) is 36.4. The van der Waals surface area contributed by atoms with E-state index in [1.807, 2.05) is 0 Å². The lowest BCUT2D eigenvalue weighted by Gasteiger charge is -2.15. The zero-order valence-corrected chi connectivity index (χ0v) is 5.91. The van der Waals surface area contributed by atoms with Crippen LogP contribution < -0.4 is 0 Å². The molecule has 0 aromatic rings. The highest BCUT2D eigenvalue weighted by molar-refractivity contribution is 7.38. The first-order valence-electron chi connectivity index (χ1n) is 3.10. The van der Waals surface area contributed by atoms with Crippen LogP contribution in [-0.2, 0) is 0 Å². The largest absolute Gasteiger partial charge is 0.122 e. The maximum Gasteiger partial charge on any atom is -0.0328 e. The number of rotatable bonds is 0. The Hall–Kier alpha value is 0.430. The van der Waals surface area contributed by atoms with Gasteiger partial charge < -0.3 is 0 Å². The first kappa shape index (κ1) is 5.56. The average molecular weight is 116 g/mol. The van der Waals surface area contributed by atoms with Gasteiger partial charge in [0.05, 0.1) is 0 Å². The smallest absolute Gasteiger partial charge is 0.0328 e. The Bertz CT molecular complexity index is 46.1. The Morgan fingerprint density at radius 3 is 2.71 bits per heavy atom. The standard InChI is InChI=1S/C6H13P/c1-6-3-2-4-7-5-6/h6-7H,2-5H2,1H3. The monoisotopic (exact) mass is 116 g/mol. The number of hydrogen-bond donors (Lipinski definition) is 0. The lowest BCUT2D eigenvalue weighted by molar-refractivity contribution is 0.569. The topological polar surface area (TPSA) is 0 Å². The van der Waals surface area contributed by atoms with Gasteiger partial charge in [-0.25, -0.2) is 0 Å². The summed E-state index contributed by atoms with van der Waals surface area (Å²) in [6, 6.07) is 0. The average Bonchev–Trinajstić information content (AvgIpc) is 1.69. The quantitative estimate of drug-likeness (QED) is 0.425. The highest BCUT2D eigenvalue weighted by Gasteiger charge is 2.05. The second-order valence-corrected chi connectivity index (χ2v) is 3.86. The molecule has 1 fully saturated rings. The summed E-state index contributed by atoms with van der Waals surface area (Å²) in [4.78, 5) is 0. The van der Waals surface area contributed by atoms with E-state index in [1.165, 1.54) is 33.7 Å². The van der Waals surface area contributed by atoms with Crippen LogP contribution in [0.1, 0.15) is 19.8 Å². The fraction of sp³-hybridized carbons (Fsp3) is 1.00. The molecule has 0 amide bonds. The molecule has 0 bridgehead atoms. The zero-order valence-electron chi connectivity index (χ0n) is 4.91. The first-order chi connectivity index (χ1) is 3.39. The van der Waals surface area contributed by atoms with Crippen LogP contribution in [0.25, 0.3) is 0 Å². The van der Waals surface area contributed by atoms with E-state index in [0.29, 0.717) is 0 Å². The molecule has 1 saturated heterocycles. The van der Waals surface area contributed by atoms with Crippen LogP contribution in [0, 0.1) is 5.92 Å². The molecule has 7 heavy (non-hydrogen) atoms. The lowest BCUT2D eigenvalue weighted by atomic mass is 10.1. The van der Waals surface area contributed by atoms with Crippen LogP contribution in [0.5, 0.6) is 0 Å². The van der Waals surface area contributed by atoms with Crippen LogP contribution in [0.15, 0.2) is 0 Å². The molecule has 0 radical (unpaired) electrons. The van der Waals surface area contributed by atoms with E-state index in [9.17, 15) is 0 Å². The molecule has 0 nitrogen and oxygen atoms in total. The van der Waals surface area contributed by atoms with E-state index in [4.69, 9.17) is 0 Å². The molecule has 1 rings (SSSR count). The van der Waals surface area contributed by atoms with Gasteiger partial charge in [0, 0.05) is 0 Å². The summed E-state index contributed by atoms with van der Waals surface area (Å²) in [5.74, 6) is 1.05.